The third-order valence-electron chi connectivity index (χ3n) is 4.52. The molecule has 154 valence electrons. The second-order valence-corrected chi connectivity index (χ2v) is 7.07. The van der Waals surface area contributed by atoms with Gasteiger partial charge in [-0.15, -0.1) is 22.9 Å². The number of hydrogen-bond donors (Lipinski definition) is 4. The number of phenols is 1. The molecule has 9 nitrogen and oxygen atoms in total. The number of nitrogens with one attached hydrogen (secondary N) is 2. The predicted molar refractivity (Wildman–Crippen MR) is 119 cm³/mol. The molecule has 0 atom stereocenters. The van der Waals surface area contributed by atoms with Crippen LogP contribution in [0, 0.1) is 22.7 Å². The highest BCUT2D eigenvalue weighted by atomic mass is 32.1. The predicted octanol–water partition coefficient (Wildman–Crippen LogP) is 4.97. The molecular formula is C22H13N7O2S. The summed E-state index contributed by atoms with van der Waals surface area (Å²) in [5.41, 5.74) is 0.425. The number of hydrogen-bond acceptors (Lipinski definition) is 8. The molecule has 3 N–H and O–H groups in total. The molecule has 4 rings (SSSR count). The van der Waals surface area contributed by atoms with Crippen LogP contribution in [0.25, 0.3) is 10.8 Å². The lowest BCUT2D eigenvalue weighted by Gasteiger charge is -2.11. The van der Waals surface area contributed by atoms with Crippen LogP contribution in [-0.2, 0) is 0 Å². The van der Waals surface area contributed by atoms with Gasteiger partial charge in [-0.25, -0.2) is 0 Å². The van der Waals surface area contributed by atoms with Gasteiger partial charge in [0, 0.05) is 16.0 Å². The van der Waals surface area contributed by atoms with Crippen molar-refractivity contribution in [2.45, 2.75) is 4.90 Å². The highest BCUT2D eigenvalue weighted by Crippen LogP contribution is 2.39. The van der Waals surface area contributed by atoms with Gasteiger partial charge in [-0.2, -0.15) is 15.5 Å². The summed E-state index contributed by atoms with van der Waals surface area (Å²) in [6.07, 6.45) is 0. The summed E-state index contributed by atoms with van der Waals surface area (Å²) in [6, 6.07) is 19.0. The maximum atomic E-state index is 12.9. The number of phenolic OH excluding ortho intramolecular Hbond substituents is 1. The average molecular weight is 439 g/mol. The first-order valence-corrected chi connectivity index (χ1v) is 9.62. The molecule has 0 aliphatic rings. The van der Waals surface area contributed by atoms with Gasteiger partial charge in [0.1, 0.15) is 17.8 Å². The van der Waals surface area contributed by atoms with E-state index in [-0.39, 0.29) is 34.3 Å². The second-order valence-electron chi connectivity index (χ2n) is 6.55. The van der Waals surface area contributed by atoms with Gasteiger partial charge in [0.15, 0.2) is 17.1 Å². The molecule has 0 spiro atoms. The number of fused-ring (bicyclic) bond motifs is 1. The van der Waals surface area contributed by atoms with E-state index in [0.29, 0.717) is 16.5 Å². The fraction of sp³-hybridized carbons (Fsp3) is 0. The van der Waals surface area contributed by atoms with Crippen molar-refractivity contribution in [3.63, 3.8) is 0 Å². The van der Waals surface area contributed by atoms with Crippen molar-refractivity contribution in [1.29, 1.82) is 10.5 Å². The average Bonchev–Trinajstić information content (AvgIpc) is 3.22. The van der Waals surface area contributed by atoms with Gasteiger partial charge in [-0.05, 0) is 35.7 Å². The Bertz CT molecular complexity index is 1430. The third-order valence-corrected chi connectivity index (χ3v) is 4.82. The Morgan fingerprint density at radius 1 is 1.09 bits per heavy atom. The largest absolute Gasteiger partial charge is 0.505 e. The molecule has 3 aromatic carbocycles. The molecule has 4 aromatic rings. The summed E-state index contributed by atoms with van der Waals surface area (Å²) < 4.78 is 0. The van der Waals surface area contributed by atoms with Crippen LogP contribution in [0.5, 0.6) is 5.75 Å². The number of nitrogens with zero attached hydrogens (tertiary/aromatic N) is 5. The summed E-state index contributed by atoms with van der Waals surface area (Å²) in [7, 11) is 0. The Hall–Kier alpha value is -4.67. The van der Waals surface area contributed by atoms with Gasteiger partial charge in [-0.1, -0.05) is 24.3 Å². The first kappa shape index (κ1) is 20.6. The van der Waals surface area contributed by atoms with Gasteiger partial charge in [0.05, 0.1) is 5.56 Å². The van der Waals surface area contributed by atoms with Crippen LogP contribution in [0.1, 0.15) is 21.7 Å². The Balaban J connectivity index is 1.77. The first-order chi connectivity index (χ1) is 15.5. The molecule has 0 unspecified atom stereocenters. The molecule has 0 aliphatic carbocycles. The van der Waals surface area contributed by atoms with Crippen molar-refractivity contribution >= 4 is 46.6 Å². The number of imidazole rings is 1. The standard InChI is InChI=1S/C22H13N7O2S/c23-10-17-18(11-24)27-22(26-17)29-28-19-15-4-2-1-3-12(15)9-16(20(19)30)21(31)25-13-5-7-14(32)8-6-13/h1-9,30,32H,(H,25,31)(H,26,27). The van der Waals surface area contributed by atoms with E-state index in [1.165, 1.54) is 0 Å². The third kappa shape index (κ3) is 3.99. The zero-order valence-corrected chi connectivity index (χ0v) is 17.1. The summed E-state index contributed by atoms with van der Waals surface area (Å²) in [4.78, 5) is 20.1. The first-order valence-electron chi connectivity index (χ1n) is 9.17. The van der Waals surface area contributed by atoms with E-state index in [2.05, 4.69) is 38.1 Å². The number of nitriles is 2. The SMILES string of the molecule is N#Cc1nc(N=Nc2c(O)c(C(=O)Nc3ccc(S)cc3)cc3ccccc23)[nH]c1C#N. The Kier molecular flexibility index (Phi) is 5.53. The second kappa shape index (κ2) is 8.60. The Morgan fingerprint density at radius 2 is 1.84 bits per heavy atom. The van der Waals surface area contributed by atoms with E-state index in [4.69, 9.17) is 10.5 Å². The topological polar surface area (TPSA) is 150 Å². The summed E-state index contributed by atoms with van der Waals surface area (Å²) in [5, 5.41) is 40.8. The van der Waals surface area contributed by atoms with Crippen molar-refractivity contribution in [2.75, 3.05) is 5.32 Å². The number of carbonyl (C=O) groups excluding carboxylic acids is 1. The van der Waals surface area contributed by atoms with Crippen molar-refractivity contribution in [3.05, 3.63) is 71.5 Å². The molecule has 0 radical (unpaired) electrons. The van der Waals surface area contributed by atoms with Gasteiger partial charge in [0.2, 0.25) is 5.95 Å². The fourth-order valence-electron chi connectivity index (χ4n) is 3.00. The van der Waals surface area contributed by atoms with E-state index >= 15 is 0 Å². The van der Waals surface area contributed by atoms with Crippen LogP contribution in [0.2, 0.25) is 0 Å². The van der Waals surface area contributed by atoms with Gasteiger partial charge in [0.25, 0.3) is 5.91 Å². The van der Waals surface area contributed by atoms with Crippen molar-refractivity contribution < 1.29 is 9.90 Å². The fourth-order valence-corrected chi connectivity index (χ4v) is 3.15. The quantitative estimate of drug-likeness (QED) is 0.261. The molecule has 0 saturated heterocycles. The highest BCUT2D eigenvalue weighted by molar-refractivity contribution is 7.80. The number of rotatable bonds is 4. The number of thiol groups is 1. The minimum atomic E-state index is -0.534. The number of H-pyrrole nitrogens is 1. The van der Waals surface area contributed by atoms with Crippen LogP contribution in [0.15, 0.2) is 69.7 Å². The zero-order valence-electron chi connectivity index (χ0n) is 16.2. The molecule has 0 saturated carbocycles. The molecule has 1 heterocycles. The zero-order chi connectivity index (χ0) is 22.7. The lowest BCUT2D eigenvalue weighted by Crippen LogP contribution is -2.12. The Labute approximate surface area is 187 Å². The number of azo groups is 1. The van der Waals surface area contributed by atoms with Gasteiger partial charge < -0.3 is 15.4 Å². The number of aromatic hydroxyl groups is 1. The monoisotopic (exact) mass is 439 g/mol. The molecule has 32 heavy (non-hydrogen) atoms. The lowest BCUT2D eigenvalue weighted by molar-refractivity contribution is 0.102. The highest BCUT2D eigenvalue weighted by Gasteiger charge is 2.19. The van der Waals surface area contributed by atoms with Crippen molar-refractivity contribution in [3.8, 4) is 17.9 Å². The van der Waals surface area contributed by atoms with Gasteiger partial charge >= 0.3 is 0 Å². The van der Waals surface area contributed by atoms with Crippen LogP contribution in [0.3, 0.4) is 0 Å². The van der Waals surface area contributed by atoms with Gasteiger partial charge in [-0.3, -0.25) is 4.79 Å². The van der Waals surface area contributed by atoms with Crippen molar-refractivity contribution in [1.82, 2.24) is 9.97 Å². The summed E-state index contributed by atoms with van der Waals surface area (Å²) >= 11 is 4.22. The van der Waals surface area contributed by atoms with Crippen molar-refractivity contribution in [2.24, 2.45) is 10.2 Å². The molecule has 1 amide bonds. The van der Waals surface area contributed by atoms with E-state index in [0.717, 1.165) is 4.90 Å². The minimum Gasteiger partial charge on any atom is -0.505 e. The summed E-state index contributed by atoms with van der Waals surface area (Å²) in [6.45, 7) is 0. The molecular weight excluding hydrogens is 426 g/mol. The van der Waals surface area contributed by atoms with E-state index < -0.39 is 5.91 Å². The minimum absolute atomic E-state index is 0.00229. The molecule has 0 fully saturated rings. The number of amides is 1. The van der Waals surface area contributed by atoms with Crippen LogP contribution < -0.4 is 5.32 Å². The lowest BCUT2D eigenvalue weighted by atomic mass is 10.0. The normalized spacial score (nSPS) is 10.7. The molecule has 10 heteroatoms. The van der Waals surface area contributed by atoms with Crippen LogP contribution in [-0.4, -0.2) is 21.0 Å². The van der Waals surface area contributed by atoms with Crippen LogP contribution >= 0.6 is 12.6 Å². The number of anilines is 1. The smallest absolute Gasteiger partial charge is 0.259 e. The molecule has 0 bridgehead atoms. The van der Waals surface area contributed by atoms with E-state index in [1.54, 1.807) is 60.7 Å². The maximum Gasteiger partial charge on any atom is 0.259 e. The Morgan fingerprint density at radius 3 is 2.53 bits per heavy atom. The number of benzene rings is 3. The van der Waals surface area contributed by atoms with E-state index in [1.807, 2.05) is 6.07 Å². The molecule has 0 aliphatic heterocycles. The number of carbonyl (C=O) groups is 1. The molecule has 1 aromatic heterocycles. The maximum absolute atomic E-state index is 12.9. The number of aromatic nitrogens is 2. The van der Waals surface area contributed by atoms with Crippen LogP contribution in [0.4, 0.5) is 17.3 Å². The van der Waals surface area contributed by atoms with E-state index in [9.17, 15) is 9.90 Å². The summed E-state index contributed by atoms with van der Waals surface area (Å²) in [5.74, 6) is -0.986. The number of aromatic amines is 1.